The number of rotatable bonds is 8. The highest BCUT2D eigenvalue weighted by atomic mass is 16.8. The maximum absolute atomic E-state index is 11.5. The molecule has 2 aromatic carbocycles. The predicted octanol–water partition coefficient (Wildman–Crippen LogP) is 4.19. The highest BCUT2D eigenvalue weighted by Crippen LogP contribution is 2.40. The number of amides is 2. The van der Waals surface area contributed by atoms with E-state index in [0.717, 1.165) is 73.6 Å². The van der Waals surface area contributed by atoms with Crippen LogP contribution in [0, 0.1) is 0 Å². The molecule has 9 heteroatoms. The van der Waals surface area contributed by atoms with E-state index in [2.05, 4.69) is 70.2 Å². The molecule has 2 aromatic rings. The number of ether oxygens (including phenoxy) is 3. The minimum Gasteiger partial charge on any atom is -0.349 e. The van der Waals surface area contributed by atoms with Crippen molar-refractivity contribution >= 4 is 11.8 Å². The van der Waals surface area contributed by atoms with Gasteiger partial charge in [-0.15, -0.1) is 0 Å². The van der Waals surface area contributed by atoms with Crippen LogP contribution in [0.4, 0.5) is 0 Å². The van der Waals surface area contributed by atoms with E-state index >= 15 is 0 Å². The lowest BCUT2D eigenvalue weighted by Crippen LogP contribution is -2.53. The van der Waals surface area contributed by atoms with Crippen molar-refractivity contribution in [3.05, 3.63) is 70.8 Å². The first kappa shape index (κ1) is 28.3. The summed E-state index contributed by atoms with van der Waals surface area (Å²) in [7, 11) is 0. The summed E-state index contributed by atoms with van der Waals surface area (Å²) in [6.45, 7) is 1.36. The Morgan fingerprint density at radius 1 is 0.659 bits per heavy atom. The van der Waals surface area contributed by atoms with Gasteiger partial charge in [0.2, 0.25) is 11.8 Å². The van der Waals surface area contributed by atoms with Crippen LogP contribution in [-0.2, 0) is 36.6 Å². The first-order chi connectivity index (χ1) is 20.0. The molecule has 0 aliphatic carbocycles. The van der Waals surface area contributed by atoms with Crippen molar-refractivity contribution in [1.29, 1.82) is 0 Å². The van der Waals surface area contributed by atoms with Crippen molar-refractivity contribution in [2.24, 2.45) is 0 Å². The van der Waals surface area contributed by atoms with Crippen LogP contribution in [0.2, 0.25) is 0 Å². The molecule has 6 rings (SSSR count). The Labute approximate surface area is 242 Å². The van der Waals surface area contributed by atoms with Gasteiger partial charge in [-0.3, -0.25) is 20.4 Å². The molecule has 4 N–H and O–H groups in total. The summed E-state index contributed by atoms with van der Waals surface area (Å²) in [5.74, 6) is -1.40. The molecule has 4 atom stereocenters. The SMILES string of the molecule is O=C1CCC(c2ccc(CC3(OC4(Cc5ccc(C6CCC(=O)NN6)cc5)CCCCO4)CCCCO3)cc2)NN1. The zero-order valence-electron chi connectivity index (χ0n) is 23.7. The number of hydrazine groups is 2. The van der Waals surface area contributed by atoms with Crippen LogP contribution in [0.15, 0.2) is 48.5 Å². The molecule has 9 nitrogen and oxygen atoms in total. The largest absolute Gasteiger partial charge is 0.349 e. The van der Waals surface area contributed by atoms with Crippen LogP contribution < -0.4 is 21.7 Å². The summed E-state index contributed by atoms with van der Waals surface area (Å²) in [5, 5.41) is 0. The van der Waals surface area contributed by atoms with Crippen molar-refractivity contribution < 1.29 is 23.8 Å². The summed E-state index contributed by atoms with van der Waals surface area (Å²) >= 11 is 0. The lowest BCUT2D eigenvalue weighted by atomic mass is 9.92. The Morgan fingerprint density at radius 3 is 1.44 bits per heavy atom. The van der Waals surface area contributed by atoms with Crippen molar-refractivity contribution in [3.8, 4) is 0 Å². The molecule has 4 aliphatic rings. The van der Waals surface area contributed by atoms with Gasteiger partial charge in [-0.2, -0.15) is 0 Å². The third kappa shape index (κ3) is 6.98. The second kappa shape index (κ2) is 12.6. The minimum atomic E-state index is -0.738. The van der Waals surface area contributed by atoms with Gasteiger partial charge in [-0.1, -0.05) is 48.5 Å². The van der Waals surface area contributed by atoms with E-state index in [1.807, 2.05) is 0 Å². The fraction of sp³-hybridized carbons (Fsp3) is 0.562. The van der Waals surface area contributed by atoms with E-state index in [1.54, 1.807) is 0 Å². The fourth-order valence-electron chi connectivity index (χ4n) is 6.52. The highest BCUT2D eigenvalue weighted by Gasteiger charge is 2.46. The molecule has 0 spiro atoms. The molecule has 0 aromatic heterocycles. The monoisotopic (exact) mass is 562 g/mol. The quantitative estimate of drug-likeness (QED) is 0.382. The van der Waals surface area contributed by atoms with E-state index in [-0.39, 0.29) is 23.9 Å². The summed E-state index contributed by atoms with van der Waals surface area (Å²) in [6.07, 6.45) is 9.79. The van der Waals surface area contributed by atoms with Crippen LogP contribution in [0.5, 0.6) is 0 Å². The molecule has 220 valence electrons. The van der Waals surface area contributed by atoms with Crippen molar-refractivity contribution in [2.45, 2.75) is 101 Å². The van der Waals surface area contributed by atoms with Crippen LogP contribution >= 0.6 is 0 Å². The van der Waals surface area contributed by atoms with Gasteiger partial charge in [0.15, 0.2) is 11.6 Å². The van der Waals surface area contributed by atoms with Gasteiger partial charge in [0, 0.05) is 38.5 Å². The maximum atomic E-state index is 11.5. The van der Waals surface area contributed by atoms with Crippen LogP contribution in [-0.4, -0.2) is 36.6 Å². The third-order valence-corrected chi connectivity index (χ3v) is 8.81. The lowest BCUT2D eigenvalue weighted by Gasteiger charge is -2.47. The van der Waals surface area contributed by atoms with E-state index in [1.165, 1.54) is 0 Å². The molecule has 4 fully saturated rings. The molecular weight excluding hydrogens is 520 g/mol. The molecule has 0 bridgehead atoms. The number of nitrogens with one attached hydrogen (secondary N) is 4. The number of hydrogen-bond acceptors (Lipinski definition) is 7. The highest BCUT2D eigenvalue weighted by molar-refractivity contribution is 5.76. The molecule has 0 radical (unpaired) electrons. The first-order valence-corrected chi connectivity index (χ1v) is 15.2. The second-order valence-corrected chi connectivity index (χ2v) is 11.9. The maximum Gasteiger partial charge on any atom is 0.234 e. The fourth-order valence-corrected chi connectivity index (χ4v) is 6.52. The molecule has 4 unspecified atom stereocenters. The van der Waals surface area contributed by atoms with E-state index < -0.39 is 11.6 Å². The predicted molar refractivity (Wildman–Crippen MR) is 153 cm³/mol. The zero-order valence-corrected chi connectivity index (χ0v) is 23.7. The number of carbonyl (C=O) groups excluding carboxylic acids is 2. The van der Waals surface area contributed by atoms with Crippen LogP contribution in [0.25, 0.3) is 0 Å². The molecule has 0 saturated carbocycles. The Morgan fingerprint density at radius 2 is 1.10 bits per heavy atom. The Hall–Kier alpha value is -2.82. The second-order valence-electron chi connectivity index (χ2n) is 11.9. The summed E-state index contributed by atoms with van der Waals surface area (Å²) in [6, 6.07) is 17.4. The molecular formula is C32H42N4O5. The Bertz CT molecular complexity index is 1080. The average Bonchev–Trinajstić information content (AvgIpc) is 3.00. The number of carbonyl (C=O) groups is 2. The van der Waals surface area contributed by atoms with E-state index in [4.69, 9.17) is 14.2 Å². The molecule has 41 heavy (non-hydrogen) atoms. The lowest BCUT2D eigenvalue weighted by molar-refractivity contribution is -0.376. The zero-order chi connectivity index (χ0) is 28.1. The van der Waals surface area contributed by atoms with Gasteiger partial charge in [-0.25, -0.2) is 10.9 Å². The van der Waals surface area contributed by atoms with Gasteiger partial charge in [0.05, 0.1) is 25.3 Å². The minimum absolute atomic E-state index is 0.0393. The topological polar surface area (TPSA) is 110 Å². The van der Waals surface area contributed by atoms with E-state index in [9.17, 15) is 9.59 Å². The molecule has 4 heterocycles. The van der Waals surface area contributed by atoms with Crippen LogP contribution in [0.1, 0.15) is 98.5 Å². The van der Waals surface area contributed by atoms with Gasteiger partial charge in [0.1, 0.15) is 0 Å². The number of hydrogen-bond donors (Lipinski definition) is 4. The van der Waals surface area contributed by atoms with Gasteiger partial charge >= 0.3 is 0 Å². The normalized spacial score (nSPS) is 30.8. The average molecular weight is 563 g/mol. The van der Waals surface area contributed by atoms with Gasteiger partial charge in [-0.05, 0) is 60.8 Å². The standard InChI is InChI=1S/C32H42N4O5/c37-29-15-13-27(33-35-29)25-9-5-23(6-10-25)21-31(17-1-3-19-39-31)41-32(18-2-4-20-40-32)22-24-7-11-26(12-8-24)28-14-16-30(38)36-34-28/h5-12,27-28,33-34H,1-4,13-22H2,(H,35,37)(H,36,38). The third-order valence-electron chi connectivity index (χ3n) is 8.81. The van der Waals surface area contributed by atoms with Gasteiger partial charge < -0.3 is 14.2 Å². The molecule has 2 amide bonds. The van der Waals surface area contributed by atoms with E-state index in [0.29, 0.717) is 38.9 Å². The summed E-state index contributed by atoms with van der Waals surface area (Å²) in [5.41, 5.74) is 16.4. The number of benzene rings is 2. The first-order valence-electron chi connectivity index (χ1n) is 15.2. The summed E-state index contributed by atoms with van der Waals surface area (Å²) in [4.78, 5) is 23.0. The van der Waals surface area contributed by atoms with Crippen molar-refractivity contribution in [3.63, 3.8) is 0 Å². The van der Waals surface area contributed by atoms with Crippen molar-refractivity contribution in [1.82, 2.24) is 21.7 Å². The Kier molecular flexibility index (Phi) is 8.69. The molecule has 4 saturated heterocycles. The molecule has 4 aliphatic heterocycles. The van der Waals surface area contributed by atoms with Crippen LogP contribution in [0.3, 0.4) is 0 Å². The Balaban J connectivity index is 1.17. The van der Waals surface area contributed by atoms with Crippen molar-refractivity contribution in [2.75, 3.05) is 13.2 Å². The van der Waals surface area contributed by atoms with Gasteiger partial charge in [0.25, 0.3) is 0 Å². The smallest absolute Gasteiger partial charge is 0.234 e. The summed E-state index contributed by atoms with van der Waals surface area (Å²) < 4.78 is 20.1.